The van der Waals surface area contributed by atoms with E-state index in [0.717, 1.165) is 5.56 Å². The lowest BCUT2D eigenvalue weighted by Crippen LogP contribution is -2.52. The predicted molar refractivity (Wildman–Crippen MR) is 104 cm³/mol. The molecular formula is C19H27ClN4O2. The third kappa shape index (κ3) is 6.32. The fourth-order valence-electron chi connectivity index (χ4n) is 2.23. The van der Waals surface area contributed by atoms with Crippen molar-refractivity contribution in [2.75, 3.05) is 25.0 Å². The molecule has 0 saturated carbocycles. The van der Waals surface area contributed by atoms with Gasteiger partial charge in [0.2, 0.25) is 11.8 Å². The third-order valence-corrected chi connectivity index (χ3v) is 4.68. The Bertz CT molecular complexity index is 699. The van der Waals surface area contributed by atoms with Gasteiger partial charge in [0.25, 0.3) is 0 Å². The zero-order valence-corrected chi connectivity index (χ0v) is 16.8. The average molecular weight is 379 g/mol. The first-order chi connectivity index (χ1) is 12.1. The smallest absolute Gasteiger partial charge is 0.238 e. The number of anilines is 1. The number of hydrogen-bond donors (Lipinski definition) is 2. The zero-order valence-electron chi connectivity index (χ0n) is 16.0. The van der Waals surface area contributed by atoms with Crippen molar-refractivity contribution in [3.05, 3.63) is 28.8 Å². The van der Waals surface area contributed by atoms with Crippen molar-refractivity contribution >= 4 is 29.1 Å². The van der Waals surface area contributed by atoms with Crippen LogP contribution in [0.4, 0.5) is 5.69 Å². The number of halogens is 1. The zero-order chi connectivity index (χ0) is 19.9. The molecule has 0 radical (unpaired) electrons. The van der Waals surface area contributed by atoms with Crippen molar-refractivity contribution in [2.24, 2.45) is 5.92 Å². The number of hydrogen-bond acceptors (Lipinski definition) is 4. The summed E-state index contributed by atoms with van der Waals surface area (Å²) in [6.45, 7) is 9.84. The van der Waals surface area contributed by atoms with Crippen LogP contribution in [0.5, 0.6) is 0 Å². The first kappa shape index (κ1) is 21.9. The summed E-state index contributed by atoms with van der Waals surface area (Å²) in [5, 5.41) is 15.4. The number of amides is 2. The summed E-state index contributed by atoms with van der Waals surface area (Å²) in [6, 6.07) is 7.43. The minimum absolute atomic E-state index is 0.0272. The number of benzene rings is 1. The van der Waals surface area contributed by atoms with Gasteiger partial charge in [0.15, 0.2) is 0 Å². The number of nitriles is 1. The van der Waals surface area contributed by atoms with Gasteiger partial charge in [-0.3, -0.25) is 14.5 Å². The number of carbonyl (C=O) groups excluding carboxylic acids is 2. The lowest BCUT2D eigenvalue weighted by molar-refractivity contribution is -0.124. The standard InChI is InChI=1S/C19H27ClN4O2/c1-6-24(11-18(26)23-19(5,12-21)13(2)3)10-17(25)22-16-9-15(20)8-7-14(16)4/h7-9,13H,6,10-11H2,1-5H3,(H,22,25)(H,23,26)/t19-/m1/s1. The Labute approximate surface area is 160 Å². The highest BCUT2D eigenvalue weighted by Crippen LogP contribution is 2.20. The molecule has 2 N–H and O–H groups in total. The van der Waals surface area contributed by atoms with Crippen molar-refractivity contribution in [3.8, 4) is 6.07 Å². The minimum atomic E-state index is -0.934. The first-order valence-electron chi connectivity index (χ1n) is 8.62. The van der Waals surface area contributed by atoms with E-state index in [1.54, 1.807) is 24.0 Å². The van der Waals surface area contributed by atoms with Gasteiger partial charge in [0.05, 0.1) is 19.2 Å². The highest BCUT2D eigenvalue weighted by molar-refractivity contribution is 6.31. The van der Waals surface area contributed by atoms with Crippen molar-refractivity contribution in [1.82, 2.24) is 10.2 Å². The van der Waals surface area contributed by atoms with Gasteiger partial charge < -0.3 is 10.6 Å². The molecule has 7 heteroatoms. The number of aryl methyl sites for hydroxylation is 1. The molecule has 0 fully saturated rings. The van der Waals surface area contributed by atoms with E-state index in [9.17, 15) is 14.9 Å². The first-order valence-corrected chi connectivity index (χ1v) is 8.99. The molecule has 2 amide bonds. The van der Waals surface area contributed by atoms with Gasteiger partial charge >= 0.3 is 0 Å². The molecule has 1 aromatic rings. The van der Waals surface area contributed by atoms with Crippen molar-refractivity contribution in [1.29, 1.82) is 5.26 Å². The molecule has 6 nitrogen and oxygen atoms in total. The third-order valence-electron chi connectivity index (χ3n) is 4.44. The summed E-state index contributed by atoms with van der Waals surface area (Å²) in [7, 11) is 0. The molecule has 26 heavy (non-hydrogen) atoms. The Kier molecular flexibility index (Phi) is 8.07. The van der Waals surface area contributed by atoms with Crippen molar-refractivity contribution in [3.63, 3.8) is 0 Å². The van der Waals surface area contributed by atoms with E-state index >= 15 is 0 Å². The fraction of sp³-hybridized carbons (Fsp3) is 0.526. The maximum Gasteiger partial charge on any atom is 0.238 e. The SMILES string of the molecule is CCN(CC(=O)Nc1cc(Cl)ccc1C)CC(=O)N[C@](C)(C#N)C(C)C. The minimum Gasteiger partial charge on any atom is -0.337 e. The second kappa shape index (κ2) is 9.56. The van der Waals surface area contributed by atoms with Gasteiger partial charge in [-0.15, -0.1) is 0 Å². The average Bonchev–Trinajstić information content (AvgIpc) is 2.57. The highest BCUT2D eigenvalue weighted by atomic mass is 35.5. The van der Waals surface area contributed by atoms with E-state index in [0.29, 0.717) is 17.3 Å². The summed E-state index contributed by atoms with van der Waals surface area (Å²) in [5.74, 6) is -0.533. The van der Waals surface area contributed by atoms with Gasteiger partial charge in [-0.2, -0.15) is 5.26 Å². The number of nitrogens with zero attached hydrogens (tertiary/aromatic N) is 2. The molecule has 0 heterocycles. The van der Waals surface area contributed by atoms with Crippen LogP contribution in [0.2, 0.25) is 5.02 Å². The van der Waals surface area contributed by atoms with Crippen LogP contribution in [-0.2, 0) is 9.59 Å². The van der Waals surface area contributed by atoms with E-state index in [-0.39, 0.29) is 30.8 Å². The molecule has 1 rings (SSSR count). The Morgan fingerprint density at radius 1 is 1.31 bits per heavy atom. The molecule has 0 aliphatic carbocycles. The van der Waals surface area contributed by atoms with Gasteiger partial charge in [-0.05, 0) is 44.0 Å². The second-order valence-corrected chi connectivity index (χ2v) is 7.26. The summed E-state index contributed by atoms with van der Waals surface area (Å²) < 4.78 is 0. The van der Waals surface area contributed by atoms with E-state index in [2.05, 4.69) is 16.7 Å². The molecular weight excluding hydrogens is 352 g/mol. The molecule has 0 aliphatic heterocycles. The Morgan fingerprint density at radius 2 is 1.92 bits per heavy atom. The van der Waals surface area contributed by atoms with Gasteiger partial charge in [0, 0.05) is 10.7 Å². The van der Waals surface area contributed by atoms with E-state index in [4.69, 9.17) is 11.6 Å². The molecule has 0 spiro atoms. The van der Waals surface area contributed by atoms with E-state index in [1.165, 1.54) is 0 Å². The number of likely N-dealkylation sites (N-methyl/N-ethyl adjacent to an activating group) is 1. The summed E-state index contributed by atoms with van der Waals surface area (Å²) in [5.41, 5.74) is 0.626. The van der Waals surface area contributed by atoms with Crippen LogP contribution in [0.1, 0.15) is 33.3 Å². The van der Waals surface area contributed by atoms with Crippen LogP contribution >= 0.6 is 11.6 Å². The number of nitrogens with one attached hydrogen (secondary N) is 2. The summed E-state index contributed by atoms with van der Waals surface area (Å²) in [4.78, 5) is 26.3. The van der Waals surface area contributed by atoms with E-state index < -0.39 is 5.54 Å². The summed E-state index contributed by atoms with van der Waals surface area (Å²) in [6.07, 6.45) is 0. The van der Waals surface area contributed by atoms with Gasteiger partial charge in [-0.25, -0.2) is 0 Å². The molecule has 1 aromatic carbocycles. The fourth-order valence-corrected chi connectivity index (χ4v) is 2.41. The van der Waals surface area contributed by atoms with Crippen LogP contribution in [0.3, 0.4) is 0 Å². The second-order valence-electron chi connectivity index (χ2n) is 6.83. The van der Waals surface area contributed by atoms with Gasteiger partial charge in [-0.1, -0.05) is 38.4 Å². The van der Waals surface area contributed by atoms with Crippen LogP contribution in [0.15, 0.2) is 18.2 Å². The highest BCUT2D eigenvalue weighted by Gasteiger charge is 2.30. The molecule has 0 bridgehead atoms. The molecule has 1 atom stereocenters. The van der Waals surface area contributed by atoms with Crippen molar-refractivity contribution in [2.45, 2.75) is 40.2 Å². The predicted octanol–water partition coefficient (Wildman–Crippen LogP) is 2.96. The largest absolute Gasteiger partial charge is 0.337 e. The molecule has 0 saturated heterocycles. The summed E-state index contributed by atoms with van der Waals surface area (Å²) >= 11 is 5.96. The van der Waals surface area contributed by atoms with Crippen LogP contribution < -0.4 is 10.6 Å². The number of carbonyl (C=O) groups is 2. The Hall–Kier alpha value is -2.10. The maximum atomic E-state index is 12.3. The quantitative estimate of drug-likeness (QED) is 0.728. The number of rotatable bonds is 8. The molecule has 0 unspecified atom stereocenters. The lowest BCUT2D eigenvalue weighted by atomic mass is 9.90. The topological polar surface area (TPSA) is 85.2 Å². The van der Waals surface area contributed by atoms with Crippen LogP contribution in [-0.4, -0.2) is 41.9 Å². The van der Waals surface area contributed by atoms with E-state index in [1.807, 2.05) is 33.8 Å². The molecule has 0 aromatic heterocycles. The normalized spacial score (nSPS) is 13.2. The van der Waals surface area contributed by atoms with Crippen LogP contribution in [0.25, 0.3) is 0 Å². The maximum absolute atomic E-state index is 12.3. The van der Waals surface area contributed by atoms with Gasteiger partial charge in [0.1, 0.15) is 5.54 Å². The molecule has 142 valence electrons. The van der Waals surface area contributed by atoms with Crippen LogP contribution in [0, 0.1) is 24.2 Å². The Morgan fingerprint density at radius 3 is 2.46 bits per heavy atom. The lowest BCUT2D eigenvalue weighted by Gasteiger charge is -2.29. The Balaban J connectivity index is 2.66. The monoisotopic (exact) mass is 378 g/mol. The molecule has 0 aliphatic rings. The van der Waals surface area contributed by atoms with Crippen molar-refractivity contribution < 1.29 is 9.59 Å².